The molecule has 0 aromatic carbocycles. The molecule has 0 saturated carbocycles. The molecular formula is C11H17ClN2O4S2. The smallest absolute Gasteiger partial charge is 0.254 e. The van der Waals surface area contributed by atoms with E-state index in [0.29, 0.717) is 31.7 Å². The topological polar surface area (TPSA) is 79.7 Å². The Bertz CT molecular complexity index is 581. The third-order valence-electron chi connectivity index (χ3n) is 3.31. The average molecular weight is 341 g/mol. The summed E-state index contributed by atoms with van der Waals surface area (Å²) in [6.45, 7) is 2.52. The van der Waals surface area contributed by atoms with Crippen LogP contribution in [0, 0.1) is 6.92 Å². The van der Waals surface area contributed by atoms with Gasteiger partial charge < -0.3 is 9.84 Å². The predicted octanol–water partition coefficient (Wildman–Crippen LogP) is 1.27. The molecule has 6 nitrogen and oxygen atoms in total. The van der Waals surface area contributed by atoms with Gasteiger partial charge in [-0.2, -0.15) is 4.31 Å². The van der Waals surface area contributed by atoms with Crippen LogP contribution in [0.15, 0.2) is 4.21 Å². The number of rotatable bonds is 4. The summed E-state index contributed by atoms with van der Waals surface area (Å²) in [7, 11) is -2.23. The lowest BCUT2D eigenvalue weighted by Gasteiger charge is -2.34. The van der Waals surface area contributed by atoms with Gasteiger partial charge in [0.2, 0.25) is 0 Å². The second-order valence-electron chi connectivity index (χ2n) is 4.94. The van der Waals surface area contributed by atoms with Crippen LogP contribution in [-0.4, -0.2) is 55.2 Å². The Morgan fingerprint density at radius 3 is 2.60 bits per heavy atom. The molecule has 0 bridgehead atoms. The molecule has 1 aromatic rings. The van der Waals surface area contributed by atoms with Crippen LogP contribution in [-0.2, 0) is 14.8 Å². The average Bonchev–Trinajstić information content (AvgIpc) is 2.69. The van der Waals surface area contributed by atoms with E-state index < -0.39 is 15.6 Å². The van der Waals surface area contributed by atoms with Gasteiger partial charge in [-0.05, 0) is 6.92 Å². The zero-order chi connectivity index (χ0) is 15.0. The van der Waals surface area contributed by atoms with Gasteiger partial charge in [-0.15, -0.1) is 0 Å². The summed E-state index contributed by atoms with van der Waals surface area (Å²) in [4.78, 5) is 3.92. The number of aliphatic hydroxyl groups is 1. The first-order valence-corrected chi connectivity index (χ1v) is 8.77. The molecule has 1 aliphatic heterocycles. The van der Waals surface area contributed by atoms with Gasteiger partial charge in [0.1, 0.15) is 0 Å². The van der Waals surface area contributed by atoms with Crippen molar-refractivity contribution < 1.29 is 18.3 Å². The van der Waals surface area contributed by atoms with Crippen molar-refractivity contribution in [2.45, 2.75) is 29.6 Å². The highest BCUT2D eigenvalue weighted by Crippen LogP contribution is 2.30. The van der Waals surface area contributed by atoms with Crippen LogP contribution >= 0.6 is 22.9 Å². The molecular weight excluding hydrogens is 324 g/mol. The number of likely N-dealkylation sites (N-methyl/N-ethyl adjacent to an activating group) is 1. The molecule has 1 aromatic heterocycles. The standard InChI is InChI=1S/C11H17ClN2O4S2/c1-8-9(19-10(12)13-8)20(16,17)14(2)7-11(15)3-5-18-6-4-11/h15H,3-7H2,1-2H3. The van der Waals surface area contributed by atoms with Crippen molar-refractivity contribution in [1.82, 2.24) is 9.29 Å². The van der Waals surface area contributed by atoms with Crippen LogP contribution in [0.25, 0.3) is 0 Å². The van der Waals surface area contributed by atoms with Crippen molar-refractivity contribution in [2.75, 3.05) is 26.8 Å². The number of nitrogens with zero attached hydrogens (tertiary/aromatic N) is 2. The van der Waals surface area contributed by atoms with E-state index in [2.05, 4.69) is 4.98 Å². The van der Waals surface area contributed by atoms with Gasteiger partial charge in [-0.25, -0.2) is 13.4 Å². The molecule has 1 saturated heterocycles. The Morgan fingerprint density at radius 1 is 1.50 bits per heavy atom. The van der Waals surface area contributed by atoms with E-state index in [-0.39, 0.29) is 15.2 Å². The number of aryl methyl sites for hydroxylation is 1. The number of aromatic nitrogens is 1. The first-order chi connectivity index (χ1) is 9.24. The normalized spacial score (nSPS) is 19.4. The van der Waals surface area contributed by atoms with Crippen LogP contribution in [0.3, 0.4) is 0 Å². The highest BCUT2D eigenvalue weighted by Gasteiger charge is 2.36. The van der Waals surface area contributed by atoms with Crippen LogP contribution in [0.2, 0.25) is 4.47 Å². The van der Waals surface area contributed by atoms with E-state index in [1.807, 2.05) is 0 Å². The third-order valence-corrected chi connectivity index (χ3v) is 6.97. The molecule has 114 valence electrons. The van der Waals surface area contributed by atoms with Crippen LogP contribution in [0.5, 0.6) is 0 Å². The Kier molecular flexibility index (Phi) is 4.73. The maximum absolute atomic E-state index is 12.5. The Morgan fingerprint density at radius 2 is 2.10 bits per heavy atom. The van der Waals surface area contributed by atoms with Gasteiger partial charge in [0.25, 0.3) is 10.0 Å². The summed E-state index contributed by atoms with van der Waals surface area (Å²) < 4.78 is 31.6. The molecule has 0 aliphatic carbocycles. The van der Waals surface area contributed by atoms with Crippen LogP contribution in [0.4, 0.5) is 0 Å². The molecule has 2 rings (SSSR count). The van der Waals surface area contributed by atoms with Crippen LogP contribution in [0.1, 0.15) is 18.5 Å². The van der Waals surface area contributed by atoms with Crippen molar-refractivity contribution in [3.8, 4) is 0 Å². The Labute approximate surface area is 127 Å². The lowest BCUT2D eigenvalue weighted by Crippen LogP contribution is -2.47. The quantitative estimate of drug-likeness (QED) is 0.892. The monoisotopic (exact) mass is 340 g/mol. The molecule has 0 spiro atoms. The first-order valence-electron chi connectivity index (χ1n) is 6.14. The molecule has 9 heteroatoms. The number of ether oxygens (including phenoxy) is 1. The van der Waals surface area contributed by atoms with Crippen molar-refractivity contribution in [2.24, 2.45) is 0 Å². The second-order valence-corrected chi connectivity index (χ2v) is 8.76. The summed E-state index contributed by atoms with van der Waals surface area (Å²) in [6, 6.07) is 0. The fraction of sp³-hybridized carbons (Fsp3) is 0.727. The van der Waals surface area contributed by atoms with Crippen molar-refractivity contribution in [3.63, 3.8) is 0 Å². The maximum Gasteiger partial charge on any atom is 0.254 e. The molecule has 1 fully saturated rings. The highest BCUT2D eigenvalue weighted by atomic mass is 35.5. The van der Waals surface area contributed by atoms with E-state index in [1.54, 1.807) is 6.92 Å². The van der Waals surface area contributed by atoms with Crippen molar-refractivity contribution in [3.05, 3.63) is 10.2 Å². The fourth-order valence-electron chi connectivity index (χ4n) is 2.14. The van der Waals surface area contributed by atoms with Gasteiger partial charge in [-0.3, -0.25) is 0 Å². The second kappa shape index (κ2) is 5.86. The minimum Gasteiger partial charge on any atom is -0.388 e. The van der Waals surface area contributed by atoms with E-state index in [9.17, 15) is 13.5 Å². The van der Waals surface area contributed by atoms with E-state index in [4.69, 9.17) is 16.3 Å². The minimum atomic E-state index is -3.68. The SMILES string of the molecule is Cc1nc(Cl)sc1S(=O)(=O)N(C)CC1(O)CCOCC1. The summed E-state index contributed by atoms with van der Waals surface area (Å²) in [5, 5.41) is 10.4. The number of hydrogen-bond acceptors (Lipinski definition) is 6. The van der Waals surface area contributed by atoms with Gasteiger partial charge in [0.15, 0.2) is 8.68 Å². The van der Waals surface area contributed by atoms with Gasteiger partial charge in [-0.1, -0.05) is 22.9 Å². The first kappa shape index (κ1) is 16.1. The summed E-state index contributed by atoms with van der Waals surface area (Å²) in [5.74, 6) is 0. The lowest BCUT2D eigenvalue weighted by atomic mass is 9.95. The van der Waals surface area contributed by atoms with Gasteiger partial charge >= 0.3 is 0 Å². The van der Waals surface area contributed by atoms with Crippen molar-refractivity contribution in [1.29, 1.82) is 0 Å². The van der Waals surface area contributed by atoms with Crippen molar-refractivity contribution >= 4 is 33.0 Å². The third kappa shape index (κ3) is 3.32. The molecule has 20 heavy (non-hydrogen) atoms. The molecule has 1 N–H and O–H groups in total. The van der Waals surface area contributed by atoms with Crippen LogP contribution < -0.4 is 0 Å². The molecule has 0 amide bonds. The molecule has 2 heterocycles. The number of halogens is 1. The summed E-state index contributed by atoms with van der Waals surface area (Å²) in [5.41, 5.74) is -0.659. The minimum absolute atomic E-state index is 0.0354. The summed E-state index contributed by atoms with van der Waals surface area (Å²) in [6.07, 6.45) is 0.852. The Hall–Kier alpha value is -0.250. The number of sulfonamides is 1. The molecule has 0 radical (unpaired) electrons. The van der Waals surface area contributed by atoms with E-state index >= 15 is 0 Å². The molecule has 0 atom stereocenters. The number of hydrogen-bond donors (Lipinski definition) is 1. The fourth-order valence-corrected chi connectivity index (χ4v) is 5.32. The molecule has 0 unspecified atom stereocenters. The summed E-state index contributed by atoms with van der Waals surface area (Å²) >= 11 is 6.68. The van der Waals surface area contributed by atoms with Gasteiger partial charge in [0.05, 0.1) is 11.3 Å². The highest BCUT2D eigenvalue weighted by molar-refractivity contribution is 7.91. The predicted molar refractivity (Wildman–Crippen MR) is 76.7 cm³/mol. The van der Waals surface area contributed by atoms with E-state index in [1.165, 1.54) is 7.05 Å². The zero-order valence-electron chi connectivity index (χ0n) is 11.3. The number of thiazole rings is 1. The van der Waals surface area contributed by atoms with Gasteiger partial charge in [0, 0.05) is 39.6 Å². The largest absolute Gasteiger partial charge is 0.388 e. The maximum atomic E-state index is 12.5. The molecule has 1 aliphatic rings. The Balaban J connectivity index is 2.19. The lowest BCUT2D eigenvalue weighted by molar-refractivity contribution is -0.0689. The van der Waals surface area contributed by atoms with E-state index in [0.717, 1.165) is 15.6 Å². The zero-order valence-corrected chi connectivity index (χ0v) is 13.7.